The molecule has 3 N–H and O–H groups in total. The van der Waals surface area contributed by atoms with Crippen LogP contribution in [0.2, 0.25) is 0 Å². The molecule has 0 radical (unpaired) electrons. The van der Waals surface area contributed by atoms with Crippen molar-refractivity contribution in [2.45, 2.75) is 32.7 Å². The van der Waals surface area contributed by atoms with Gasteiger partial charge in [-0.05, 0) is 55.5 Å². The summed E-state index contributed by atoms with van der Waals surface area (Å²) in [5.41, 5.74) is 10.7. The fraction of sp³-hybridized carbons (Fsp3) is 0.571. The van der Waals surface area contributed by atoms with Gasteiger partial charge in [-0.2, -0.15) is 0 Å². The lowest BCUT2D eigenvalue weighted by atomic mass is 9.96. The molecule has 1 aromatic rings. The molecule has 3 heteroatoms. The third-order valence-corrected chi connectivity index (χ3v) is 3.62. The van der Waals surface area contributed by atoms with E-state index in [1.165, 1.54) is 29.7 Å². The third-order valence-electron chi connectivity index (χ3n) is 3.62. The van der Waals surface area contributed by atoms with Crippen molar-refractivity contribution in [3.8, 4) is 0 Å². The lowest BCUT2D eigenvalue weighted by Gasteiger charge is -2.22. The van der Waals surface area contributed by atoms with Crippen molar-refractivity contribution in [1.82, 2.24) is 0 Å². The van der Waals surface area contributed by atoms with E-state index in [1.807, 2.05) is 0 Å². The fourth-order valence-corrected chi connectivity index (χ4v) is 2.79. The molecule has 0 bridgehead atoms. The highest BCUT2D eigenvalue weighted by Gasteiger charge is 2.16. The summed E-state index contributed by atoms with van der Waals surface area (Å²) in [7, 11) is 0. The molecule has 0 aliphatic carbocycles. The van der Waals surface area contributed by atoms with Gasteiger partial charge in [0.05, 0.1) is 12.6 Å². The van der Waals surface area contributed by atoms with Crippen LogP contribution in [0.15, 0.2) is 12.1 Å². The Balaban J connectivity index is 2.33. The van der Waals surface area contributed by atoms with Crippen molar-refractivity contribution in [1.29, 1.82) is 0 Å². The number of hydrogen-bond donors (Lipinski definition) is 2. The molecule has 0 amide bonds. The summed E-state index contributed by atoms with van der Waals surface area (Å²) < 4.78 is 0. The van der Waals surface area contributed by atoms with Crippen LogP contribution in [-0.4, -0.2) is 24.8 Å². The number of benzene rings is 1. The Kier molecular flexibility index (Phi) is 3.69. The van der Waals surface area contributed by atoms with E-state index >= 15 is 0 Å². The van der Waals surface area contributed by atoms with E-state index in [2.05, 4.69) is 30.9 Å². The number of anilines is 1. The van der Waals surface area contributed by atoms with Crippen LogP contribution in [0.1, 0.15) is 35.6 Å². The number of aliphatic hydroxyl groups excluding tert-OH is 1. The average molecular weight is 234 g/mol. The smallest absolute Gasteiger partial charge is 0.0624 e. The maximum absolute atomic E-state index is 9.18. The summed E-state index contributed by atoms with van der Waals surface area (Å²) in [6.45, 7) is 6.48. The van der Waals surface area contributed by atoms with Crippen LogP contribution in [0.25, 0.3) is 0 Å². The van der Waals surface area contributed by atoms with E-state index in [1.54, 1.807) is 0 Å². The molecule has 1 atom stereocenters. The first-order valence-electron chi connectivity index (χ1n) is 6.36. The van der Waals surface area contributed by atoms with Crippen LogP contribution in [-0.2, 0) is 0 Å². The van der Waals surface area contributed by atoms with Gasteiger partial charge in [0.1, 0.15) is 0 Å². The van der Waals surface area contributed by atoms with Crippen molar-refractivity contribution in [2.24, 2.45) is 5.73 Å². The second kappa shape index (κ2) is 5.07. The van der Waals surface area contributed by atoms with Gasteiger partial charge in [-0.3, -0.25) is 0 Å². The minimum atomic E-state index is -0.261. The zero-order valence-electron chi connectivity index (χ0n) is 10.7. The predicted molar refractivity (Wildman–Crippen MR) is 71.4 cm³/mol. The van der Waals surface area contributed by atoms with Crippen molar-refractivity contribution >= 4 is 5.69 Å². The quantitative estimate of drug-likeness (QED) is 0.839. The number of nitrogens with two attached hydrogens (primary N) is 1. The van der Waals surface area contributed by atoms with E-state index in [9.17, 15) is 5.11 Å². The van der Waals surface area contributed by atoms with Crippen molar-refractivity contribution in [2.75, 3.05) is 24.6 Å². The number of aryl methyl sites for hydroxylation is 2. The Labute approximate surface area is 103 Å². The molecule has 1 aromatic carbocycles. The Bertz CT molecular complexity index is 374. The van der Waals surface area contributed by atoms with Crippen LogP contribution in [0.4, 0.5) is 5.69 Å². The standard InChI is InChI=1S/C14H22N2O/c1-10-7-12(16-5-3-4-6-16)8-11(2)14(10)13(15)9-17/h7-8,13,17H,3-6,9,15H2,1-2H3/t13-/m0/s1. The van der Waals surface area contributed by atoms with E-state index in [-0.39, 0.29) is 12.6 Å². The molecule has 3 nitrogen and oxygen atoms in total. The Morgan fingerprint density at radius 3 is 2.24 bits per heavy atom. The highest BCUT2D eigenvalue weighted by Crippen LogP contribution is 2.28. The largest absolute Gasteiger partial charge is 0.394 e. The summed E-state index contributed by atoms with van der Waals surface area (Å²) >= 11 is 0. The highest BCUT2D eigenvalue weighted by atomic mass is 16.3. The molecule has 0 aromatic heterocycles. The van der Waals surface area contributed by atoms with Gasteiger partial charge >= 0.3 is 0 Å². The molecule has 0 unspecified atom stereocenters. The van der Waals surface area contributed by atoms with E-state index in [0.717, 1.165) is 18.7 Å². The van der Waals surface area contributed by atoms with Gasteiger partial charge in [0.2, 0.25) is 0 Å². The predicted octanol–water partition coefficient (Wildman–Crippen LogP) is 1.90. The first-order valence-corrected chi connectivity index (χ1v) is 6.36. The molecule has 1 heterocycles. The van der Waals surface area contributed by atoms with Gasteiger partial charge in [-0.1, -0.05) is 0 Å². The normalized spacial score (nSPS) is 17.5. The van der Waals surface area contributed by atoms with Crippen LogP contribution < -0.4 is 10.6 Å². The molecular formula is C14H22N2O. The van der Waals surface area contributed by atoms with Gasteiger partial charge in [0.25, 0.3) is 0 Å². The summed E-state index contributed by atoms with van der Waals surface area (Å²) in [5.74, 6) is 0. The Hall–Kier alpha value is -1.06. The Morgan fingerprint density at radius 1 is 1.24 bits per heavy atom. The molecule has 94 valence electrons. The highest BCUT2D eigenvalue weighted by molar-refractivity contribution is 5.55. The first kappa shape index (κ1) is 12.4. The summed E-state index contributed by atoms with van der Waals surface area (Å²) in [6.07, 6.45) is 2.58. The second-order valence-corrected chi connectivity index (χ2v) is 4.98. The molecule has 1 saturated heterocycles. The first-order chi connectivity index (χ1) is 8.13. The molecule has 1 aliphatic heterocycles. The SMILES string of the molecule is Cc1cc(N2CCCC2)cc(C)c1[C@@H](N)CO. The van der Waals surface area contributed by atoms with Crippen LogP contribution >= 0.6 is 0 Å². The van der Waals surface area contributed by atoms with Crippen LogP contribution in [0.3, 0.4) is 0 Å². The summed E-state index contributed by atoms with van der Waals surface area (Å²) in [4.78, 5) is 2.42. The van der Waals surface area contributed by atoms with Crippen LogP contribution in [0.5, 0.6) is 0 Å². The third kappa shape index (κ3) is 2.45. The minimum absolute atomic E-state index is 0.00470. The zero-order chi connectivity index (χ0) is 12.4. The number of nitrogens with zero attached hydrogens (tertiary/aromatic N) is 1. The Morgan fingerprint density at radius 2 is 1.76 bits per heavy atom. The lowest BCUT2D eigenvalue weighted by molar-refractivity contribution is 0.267. The molecule has 1 aliphatic rings. The maximum Gasteiger partial charge on any atom is 0.0624 e. The molecular weight excluding hydrogens is 212 g/mol. The lowest BCUT2D eigenvalue weighted by Crippen LogP contribution is -2.20. The number of aliphatic hydroxyl groups is 1. The molecule has 0 saturated carbocycles. The summed E-state index contributed by atoms with van der Waals surface area (Å²) in [5, 5.41) is 9.18. The number of rotatable bonds is 3. The number of hydrogen-bond acceptors (Lipinski definition) is 3. The van der Waals surface area contributed by atoms with Crippen molar-refractivity contribution < 1.29 is 5.11 Å². The fourth-order valence-electron chi connectivity index (χ4n) is 2.79. The zero-order valence-corrected chi connectivity index (χ0v) is 10.7. The van der Waals surface area contributed by atoms with Crippen molar-refractivity contribution in [3.05, 3.63) is 28.8 Å². The van der Waals surface area contributed by atoms with E-state index < -0.39 is 0 Å². The minimum Gasteiger partial charge on any atom is -0.394 e. The molecule has 17 heavy (non-hydrogen) atoms. The van der Waals surface area contributed by atoms with Crippen molar-refractivity contribution in [3.63, 3.8) is 0 Å². The second-order valence-electron chi connectivity index (χ2n) is 4.98. The monoisotopic (exact) mass is 234 g/mol. The average Bonchev–Trinajstić information content (AvgIpc) is 2.81. The van der Waals surface area contributed by atoms with E-state index in [0.29, 0.717) is 0 Å². The van der Waals surface area contributed by atoms with Crippen LogP contribution in [0, 0.1) is 13.8 Å². The van der Waals surface area contributed by atoms with Gasteiger partial charge in [0.15, 0.2) is 0 Å². The van der Waals surface area contributed by atoms with Gasteiger partial charge in [-0.15, -0.1) is 0 Å². The topological polar surface area (TPSA) is 49.5 Å². The van der Waals surface area contributed by atoms with Gasteiger partial charge in [-0.25, -0.2) is 0 Å². The molecule has 1 fully saturated rings. The van der Waals surface area contributed by atoms with Gasteiger partial charge < -0.3 is 15.7 Å². The summed E-state index contributed by atoms with van der Waals surface area (Å²) in [6, 6.07) is 4.13. The maximum atomic E-state index is 9.18. The van der Waals surface area contributed by atoms with E-state index in [4.69, 9.17) is 5.73 Å². The molecule has 0 spiro atoms. The van der Waals surface area contributed by atoms with Gasteiger partial charge in [0, 0.05) is 18.8 Å². The molecule has 2 rings (SSSR count).